The molecule has 1 aromatic carbocycles. The van der Waals surface area contributed by atoms with E-state index in [9.17, 15) is 0 Å². The third kappa shape index (κ3) is 5.53. The molecule has 2 aliphatic rings. The average molecular weight is 404 g/mol. The Balaban J connectivity index is 1.54. The van der Waals surface area contributed by atoms with E-state index in [0.29, 0.717) is 17.9 Å². The first-order valence-corrected chi connectivity index (χ1v) is 11.4. The van der Waals surface area contributed by atoms with E-state index in [1.54, 1.807) is 7.11 Å². The zero-order chi connectivity index (χ0) is 21.1. The van der Waals surface area contributed by atoms with Crippen molar-refractivity contribution in [2.75, 3.05) is 20.3 Å². The van der Waals surface area contributed by atoms with Crippen LogP contribution in [0.15, 0.2) is 24.3 Å². The number of ether oxygens (including phenoxy) is 2. The molecule has 1 heterocycles. The standard InChI is InChI=1S/C25H41NO3/c1-7-28-22-12-8-19(9-13-22)18-29-23-14-10-20(11-15-23)21-16-24(2,3)26(27-6)25(4,5)17-21/h10-11,14-15,19,21-22H,7-9,12-13,16-18H2,1-6H3. The van der Waals surface area contributed by atoms with Crippen LogP contribution in [0.2, 0.25) is 0 Å². The fourth-order valence-corrected chi connectivity index (χ4v) is 5.74. The van der Waals surface area contributed by atoms with Gasteiger partial charge in [-0.15, -0.1) is 0 Å². The number of hydrogen-bond acceptors (Lipinski definition) is 4. The fraction of sp³-hybridized carbons (Fsp3) is 0.760. The molecule has 1 saturated carbocycles. The normalized spacial score (nSPS) is 27.7. The average Bonchev–Trinajstić information content (AvgIpc) is 2.66. The summed E-state index contributed by atoms with van der Waals surface area (Å²) in [6.07, 6.45) is 7.42. The lowest BCUT2D eigenvalue weighted by Crippen LogP contribution is -2.59. The van der Waals surface area contributed by atoms with Crippen molar-refractivity contribution in [3.05, 3.63) is 29.8 Å². The SMILES string of the molecule is CCOC1CCC(COc2ccc(C3CC(C)(C)N(OC)C(C)(C)C3)cc2)CC1. The summed E-state index contributed by atoms with van der Waals surface area (Å²) < 4.78 is 11.9. The molecule has 0 atom stereocenters. The van der Waals surface area contributed by atoms with Crippen molar-refractivity contribution in [1.29, 1.82) is 0 Å². The van der Waals surface area contributed by atoms with Gasteiger partial charge >= 0.3 is 0 Å². The van der Waals surface area contributed by atoms with Crippen LogP contribution in [0.1, 0.15) is 84.6 Å². The minimum absolute atomic E-state index is 0.0106. The van der Waals surface area contributed by atoms with Gasteiger partial charge in [-0.05, 0) is 103 Å². The molecule has 29 heavy (non-hydrogen) atoms. The van der Waals surface area contributed by atoms with Crippen molar-refractivity contribution in [3.8, 4) is 5.75 Å². The Bertz CT molecular complexity index is 614. The molecule has 1 saturated heterocycles. The van der Waals surface area contributed by atoms with Gasteiger partial charge in [0.1, 0.15) is 5.75 Å². The third-order valence-electron chi connectivity index (χ3n) is 6.81. The van der Waals surface area contributed by atoms with Gasteiger partial charge in [0.25, 0.3) is 0 Å². The first kappa shape index (κ1) is 22.6. The van der Waals surface area contributed by atoms with Gasteiger partial charge < -0.3 is 14.3 Å². The van der Waals surface area contributed by atoms with Gasteiger partial charge in [-0.25, -0.2) is 0 Å². The first-order valence-electron chi connectivity index (χ1n) is 11.4. The van der Waals surface area contributed by atoms with Crippen LogP contribution in [0.25, 0.3) is 0 Å². The van der Waals surface area contributed by atoms with E-state index in [4.69, 9.17) is 14.3 Å². The summed E-state index contributed by atoms with van der Waals surface area (Å²) in [6.45, 7) is 12.9. The number of benzene rings is 1. The Labute approximate surface area is 177 Å². The Morgan fingerprint density at radius 2 is 1.52 bits per heavy atom. The molecule has 0 bridgehead atoms. The monoisotopic (exact) mass is 403 g/mol. The Kier molecular flexibility index (Phi) is 7.29. The van der Waals surface area contributed by atoms with Crippen molar-refractivity contribution in [2.45, 2.75) is 96.2 Å². The van der Waals surface area contributed by atoms with E-state index in [1.165, 1.54) is 31.2 Å². The van der Waals surface area contributed by atoms with Crippen LogP contribution < -0.4 is 4.74 Å². The molecule has 3 rings (SSSR count). The molecule has 0 unspecified atom stereocenters. The number of hydroxylamine groups is 2. The highest BCUT2D eigenvalue weighted by Crippen LogP contribution is 2.45. The maximum Gasteiger partial charge on any atom is 0.119 e. The van der Waals surface area contributed by atoms with Crippen LogP contribution in [0.4, 0.5) is 0 Å². The summed E-state index contributed by atoms with van der Waals surface area (Å²) in [4.78, 5) is 5.74. The molecule has 0 radical (unpaired) electrons. The largest absolute Gasteiger partial charge is 0.493 e. The highest BCUT2D eigenvalue weighted by Gasteiger charge is 2.46. The smallest absolute Gasteiger partial charge is 0.119 e. The first-order chi connectivity index (χ1) is 13.7. The van der Waals surface area contributed by atoms with Gasteiger partial charge in [0.15, 0.2) is 0 Å². The Morgan fingerprint density at radius 1 is 0.931 bits per heavy atom. The minimum atomic E-state index is 0.0106. The number of hydrogen-bond donors (Lipinski definition) is 0. The van der Waals surface area contributed by atoms with Crippen molar-refractivity contribution in [3.63, 3.8) is 0 Å². The summed E-state index contributed by atoms with van der Waals surface area (Å²) >= 11 is 0. The van der Waals surface area contributed by atoms with Crippen LogP contribution in [0.5, 0.6) is 5.75 Å². The molecule has 2 fully saturated rings. The minimum Gasteiger partial charge on any atom is -0.493 e. The zero-order valence-electron chi connectivity index (χ0n) is 19.4. The summed E-state index contributed by atoms with van der Waals surface area (Å²) in [5, 5.41) is 2.17. The fourth-order valence-electron chi connectivity index (χ4n) is 5.74. The van der Waals surface area contributed by atoms with Crippen molar-refractivity contribution >= 4 is 0 Å². The van der Waals surface area contributed by atoms with Crippen LogP contribution >= 0.6 is 0 Å². The molecule has 1 aromatic rings. The molecular formula is C25H41NO3. The summed E-state index contributed by atoms with van der Waals surface area (Å²) in [5.41, 5.74) is 1.43. The summed E-state index contributed by atoms with van der Waals surface area (Å²) in [6, 6.07) is 8.84. The third-order valence-corrected chi connectivity index (χ3v) is 6.81. The van der Waals surface area contributed by atoms with E-state index in [0.717, 1.165) is 31.8 Å². The number of rotatable bonds is 7. The maximum atomic E-state index is 6.13. The molecule has 0 spiro atoms. The van der Waals surface area contributed by atoms with Gasteiger partial charge in [-0.3, -0.25) is 0 Å². The quantitative estimate of drug-likeness (QED) is 0.562. The second-order valence-corrected chi connectivity index (χ2v) is 10.2. The van der Waals surface area contributed by atoms with E-state index in [-0.39, 0.29) is 11.1 Å². The lowest BCUT2D eigenvalue weighted by Gasteiger charge is -2.53. The Morgan fingerprint density at radius 3 is 2.03 bits per heavy atom. The van der Waals surface area contributed by atoms with Gasteiger partial charge in [0.2, 0.25) is 0 Å². The number of piperidine rings is 1. The van der Waals surface area contributed by atoms with E-state index in [2.05, 4.69) is 63.9 Å². The second-order valence-electron chi connectivity index (χ2n) is 10.2. The second kappa shape index (κ2) is 9.36. The molecular weight excluding hydrogens is 362 g/mol. The lowest BCUT2D eigenvalue weighted by molar-refractivity contribution is -0.266. The van der Waals surface area contributed by atoms with E-state index in [1.807, 2.05) is 0 Å². The molecule has 0 aromatic heterocycles. The van der Waals surface area contributed by atoms with Crippen LogP contribution in [0.3, 0.4) is 0 Å². The predicted molar refractivity (Wildman–Crippen MR) is 118 cm³/mol. The van der Waals surface area contributed by atoms with Gasteiger partial charge in [-0.1, -0.05) is 12.1 Å². The summed E-state index contributed by atoms with van der Waals surface area (Å²) in [5.74, 6) is 2.19. The molecule has 4 heteroatoms. The molecule has 0 N–H and O–H groups in total. The van der Waals surface area contributed by atoms with E-state index >= 15 is 0 Å². The van der Waals surface area contributed by atoms with Crippen LogP contribution in [-0.4, -0.2) is 42.6 Å². The molecule has 1 aliphatic heterocycles. The molecule has 0 amide bonds. The molecule has 164 valence electrons. The van der Waals surface area contributed by atoms with Gasteiger partial charge in [0.05, 0.1) is 19.8 Å². The molecule has 4 nitrogen and oxygen atoms in total. The maximum absolute atomic E-state index is 6.13. The lowest BCUT2D eigenvalue weighted by atomic mass is 9.73. The predicted octanol–water partition coefficient (Wildman–Crippen LogP) is 5.96. The molecule has 1 aliphatic carbocycles. The van der Waals surface area contributed by atoms with Crippen molar-refractivity contribution in [1.82, 2.24) is 5.06 Å². The van der Waals surface area contributed by atoms with Crippen LogP contribution in [-0.2, 0) is 9.57 Å². The summed E-state index contributed by atoms with van der Waals surface area (Å²) in [7, 11) is 1.79. The highest BCUT2D eigenvalue weighted by atomic mass is 16.7. The van der Waals surface area contributed by atoms with Gasteiger partial charge in [0, 0.05) is 17.7 Å². The topological polar surface area (TPSA) is 30.9 Å². The van der Waals surface area contributed by atoms with Crippen molar-refractivity contribution < 1.29 is 14.3 Å². The van der Waals surface area contributed by atoms with Crippen molar-refractivity contribution in [2.24, 2.45) is 5.92 Å². The van der Waals surface area contributed by atoms with Gasteiger partial charge in [-0.2, -0.15) is 5.06 Å². The number of nitrogens with zero attached hydrogens (tertiary/aromatic N) is 1. The zero-order valence-corrected chi connectivity index (χ0v) is 19.4. The van der Waals surface area contributed by atoms with E-state index < -0.39 is 0 Å². The highest BCUT2D eigenvalue weighted by molar-refractivity contribution is 5.30. The van der Waals surface area contributed by atoms with Crippen LogP contribution in [0, 0.1) is 5.92 Å². The Hall–Kier alpha value is -1.10.